The Kier molecular flexibility index (Phi) is 7.52. The lowest BCUT2D eigenvalue weighted by Crippen LogP contribution is -2.52. The quantitative estimate of drug-likeness (QED) is 0.722. The van der Waals surface area contributed by atoms with Crippen molar-refractivity contribution < 1.29 is 14.3 Å². The lowest BCUT2D eigenvalue weighted by Gasteiger charge is -2.41. The highest BCUT2D eigenvalue weighted by Gasteiger charge is 2.29. The van der Waals surface area contributed by atoms with Crippen LogP contribution in [0.3, 0.4) is 0 Å². The monoisotopic (exact) mass is 353 g/mol. The molecule has 144 valence electrons. The van der Waals surface area contributed by atoms with Crippen molar-refractivity contribution in [2.24, 2.45) is 5.92 Å². The second-order valence-electron chi connectivity index (χ2n) is 7.85. The van der Waals surface area contributed by atoms with Gasteiger partial charge in [-0.2, -0.15) is 0 Å². The Morgan fingerprint density at radius 1 is 1.00 bits per heavy atom. The van der Waals surface area contributed by atoms with Gasteiger partial charge in [0.05, 0.1) is 19.8 Å². The van der Waals surface area contributed by atoms with E-state index in [9.17, 15) is 4.79 Å². The highest BCUT2D eigenvalue weighted by Crippen LogP contribution is 2.27. The zero-order chi connectivity index (χ0) is 17.5. The predicted octanol–water partition coefficient (Wildman–Crippen LogP) is 1.10. The minimum Gasteiger partial charge on any atom is -0.468 e. The van der Waals surface area contributed by atoms with Crippen molar-refractivity contribution in [3.8, 4) is 0 Å². The number of carbonyl (C=O) groups excluding carboxylic acids is 1. The van der Waals surface area contributed by atoms with Crippen molar-refractivity contribution in [1.82, 2.24) is 15.1 Å². The van der Waals surface area contributed by atoms with Crippen LogP contribution in [0.1, 0.15) is 38.5 Å². The van der Waals surface area contributed by atoms with Crippen molar-refractivity contribution in [3.05, 3.63) is 0 Å². The van der Waals surface area contributed by atoms with Crippen molar-refractivity contribution >= 4 is 5.97 Å². The molecular formula is C19H35N3O3. The zero-order valence-corrected chi connectivity index (χ0v) is 15.8. The molecule has 6 heteroatoms. The van der Waals surface area contributed by atoms with Crippen LogP contribution >= 0.6 is 0 Å². The Morgan fingerprint density at radius 3 is 2.32 bits per heavy atom. The smallest absolute Gasteiger partial charge is 0.319 e. The number of nitrogens with one attached hydrogen (secondary N) is 1. The number of hydrogen-bond donors (Lipinski definition) is 1. The molecule has 2 heterocycles. The number of hydrogen-bond acceptors (Lipinski definition) is 6. The summed E-state index contributed by atoms with van der Waals surface area (Å²) in [4.78, 5) is 16.2. The lowest BCUT2D eigenvalue weighted by molar-refractivity contribution is -0.142. The molecule has 0 amide bonds. The molecule has 0 aromatic carbocycles. The average Bonchev–Trinajstić information content (AvgIpc) is 2.68. The lowest BCUT2D eigenvalue weighted by atomic mass is 9.91. The summed E-state index contributed by atoms with van der Waals surface area (Å²) in [7, 11) is 1.46. The van der Waals surface area contributed by atoms with Gasteiger partial charge < -0.3 is 14.8 Å². The minimum atomic E-state index is -0.125. The summed E-state index contributed by atoms with van der Waals surface area (Å²) in [6, 6.07) is 0.707. The molecule has 6 nitrogen and oxygen atoms in total. The third-order valence-corrected chi connectivity index (χ3v) is 6.17. The molecule has 0 aromatic rings. The first-order valence-electron chi connectivity index (χ1n) is 10.1. The Morgan fingerprint density at radius 2 is 1.68 bits per heavy atom. The number of methoxy groups -OCH3 is 1. The largest absolute Gasteiger partial charge is 0.468 e. The van der Waals surface area contributed by atoms with Crippen LogP contribution in [0.5, 0.6) is 0 Å². The number of rotatable bonds is 6. The molecule has 25 heavy (non-hydrogen) atoms. The summed E-state index contributed by atoms with van der Waals surface area (Å²) in [6.07, 6.45) is 7.94. The Hall–Kier alpha value is -0.690. The van der Waals surface area contributed by atoms with Gasteiger partial charge in [-0.1, -0.05) is 0 Å². The molecule has 1 saturated carbocycles. The van der Waals surface area contributed by atoms with E-state index in [0.717, 1.165) is 51.8 Å². The summed E-state index contributed by atoms with van der Waals surface area (Å²) < 4.78 is 11.0. The molecule has 0 spiro atoms. The van der Waals surface area contributed by atoms with Crippen molar-refractivity contribution in [1.29, 1.82) is 0 Å². The third-order valence-electron chi connectivity index (χ3n) is 6.17. The van der Waals surface area contributed by atoms with Crippen LogP contribution in [0.4, 0.5) is 0 Å². The highest BCUT2D eigenvalue weighted by atomic mass is 16.5. The molecular weight excluding hydrogens is 318 g/mol. The first kappa shape index (κ1) is 19.1. The van der Waals surface area contributed by atoms with E-state index in [-0.39, 0.29) is 5.97 Å². The normalized spacial score (nSPS) is 30.3. The van der Waals surface area contributed by atoms with Crippen LogP contribution in [0, 0.1) is 5.92 Å². The molecule has 3 fully saturated rings. The number of piperidine rings is 1. The zero-order valence-electron chi connectivity index (χ0n) is 15.8. The predicted molar refractivity (Wildman–Crippen MR) is 97.6 cm³/mol. The van der Waals surface area contributed by atoms with Gasteiger partial charge >= 0.3 is 5.97 Å². The van der Waals surface area contributed by atoms with Gasteiger partial charge in [0.1, 0.15) is 0 Å². The fourth-order valence-electron chi connectivity index (χ4n) is 4.43. The van der Waals surface area contributed by atoms with Crippen LogP contribution in [0.25, 0.3) is 0 Å². The SMILES string of the molecule is COC(=O)CN1CCN(C2CCC(OCC3CCNCC3)CC2)CC1. The van der Waals surface area contributed by atoms with E-state index < -0.39 is 0 Å². The van der Waals surface area contributed by atoms with E-state index >= 15 is 0 Å². The van der Waals surface area contributed by atoms with Crippen molar-refractivity contribution in [2.45, 2.75) is 50.7 Å². The van der Waals surface area contributed by atoms with Gasteiger partial charge in [-0.05, 0) is 57.5 Å². The Labute approximate surface area is 152 Å². The van der Waals surface area contributed by atoms with E-state index in [1.54, 1.807) is 0 Å². The van der Waals surface area contributed by atoms with E-state index in [4.69, 9.17) is 9.47 Å². The van der Waals surface area contributed by atoms with Gasteiger partial charge in [-0.25, -0.2) is 0 Å². The second kappa shape index (κ2) is 9.86. The maximum atomic E-state index is 11.4. The fraction of sp³-hybridized carbons (Fsp3) is 0.947. The fourth-order valence-corrected chi connectivity index (χ4v) is 4.43. The van der Waals surface area contributed by atoms with Crippen LogP contribution in [0.15, 0.2) is 0 Å². The van der Waals surface area contributed by atoms with Crippen molar-refractivity contribution in [3.63, 3.8) is 0 Å². The highest BCUT2D eigenvalue weighted by molar-refractivity contribution is 5.71. The first-order chi connectivity index (χ1) is 12.2. The van der Waals surface area contributed by atoms with Crippen molar-refractivity contribution in [2.75, 3.05) is 59.5 Å². The summed E-state index contributed by atoms with van der Waals surface area (Å²) in [6.45, 7) is 7.79. The maximum absolute atomic E-state index is 11.4. The third kappa shape index (κ3) is 5.91. The number of ether oxygens (including phenoxy) is 2. The van der Waals surface area contributed by atoms with Crippen LogP contribution < -0.4 is 5.32 Å². The van der Waals surface area contributed by atoms with Gasteiger partial charge in [0.15, 0.2) is 0 Å². The van der Waals surface area contributed by atoms with Gasteiger partial charge in [0.2, 0.25) is 0 Å². The summed E-state index contributed by atoms with van der Waals surface area (Å²) >= 11 is 0. The standard InChI is InChI=1S/C19H35N3O3/c1-24-19(23)14-21-10-12-22(13-11-21)17-2-4-18(5-3-17)25-15-16-6-8-20-9-7-16/h16-18,20H,2-15H2,1H3. The first-order valence-corrected chi connectivity index (χ1v) is 10.1. The number of nitrogens with zero attached hydrogens (tertiary/aromatic N) is 2. The van der Waals surface area contributed by atoms with E-state index in [0.29, 0.717) is 18.7 Å². The molecule has 2 saturated heterocycles. The van der Waals surface area contributed by atoms with Crippen LogP contribution in [0.2, 0.25) is 0 Å². The molecule has 3 aliphatic rings. The summed E-state index contributed by atoms with van der Waals surface area (Å²) in [5.41, 5.74) is 0. The molecule has 1 N–H and O–H groups in total. The molecule has 0 radical (unpaired) electrons. The Balaban J connectivity index is 1.30. The van der Waals surface area contributed by atoms with Crippen LogP contribution in [-0.4, -0.2) is 87.4 Å². The molecule has 3 rings (SSSR count). The second-order valence-corrected chi connectivity index (χ2v) is 7.85. The molecule has 1 aliphatic carbocycles. The van der Waals surface area contributed by atoms with E-state index in [1.807, 2.05) is 0 Å². The molecule has 0 bridgehead atoms. The maximum Gasteiger partial charge on any atom is 0.319 e. The topological polar surface area (TPSA) is 54.0 Å². The molecule has 0 atom stereocenters. The number of piperazine rings is 1. The number of carbonyl (C=O) groups is 1. The van der Waals surface area contributed by atoms with E-state index in [2.05, 4.69) is 15.1 Å². The Bertz CT molecular complexity index is 399. The minimum absolute atomic E-state index is 0.125. The average molecular weight is 354 g/mol. The molecule has 2 aliphatic heterocycles. The van der Waals surface area contributed by atoms with Crippen LogP contribution in [-0.2, 0) is 14.3 Å². The van der Waals surface area contributed by atoms with Gasteiger partial charge in [-0.3, -0.25) is 14.6 Å². The number of esters is 1. The van der Waals surface area contributed by atoms with Gasteiger partial charge in [-0.15, -0.1) is 0 Å². The molecule has 0 aromatic heterocycles. The summed E-state index contributed by atoms with van der Waals surface area (Å²) in [5.74, 6) is 0.640. The van der Waals surface area contributed by atoms with E-state index in [1.165, 1.54) is 45.6 Å². The summed E-state index contributed by atoms with van der Waals surface area (Å²) in [5, 5.41) is 3.42. The molecule has 0 unspecified atom stereocenters. The van der Waals surface area contributed by atoms with Gasteiger partial charge in [0, 0.05) is 38.8 Å². The van der Waals surface area contributed by atoms with Gasteiger partial charge in [0.25, 0.3) is 0 Å².